The highest BCUT2D eigenvalue weighted by Crippen LogP contribution is 2.28. The van der Waals surface area contributed by atoms with Gasteiger partial charge in [0.15, 0.2) is 0 Å². The summed E-state index contributed by atoms with van der Waals surface area (Å²) in [7, 11) is 2.12. The van der Waals surface area contributed by atoms with Gasteiger partial charge in [-0.15, -0.1) is 0 Å². The third kappa shape index (κ3) is 2.94. The zero-order valence-electron chi connectivity index (χ0n) is 10.8. The molecule has 2 N–H and O–H groups in total. The number of nitrogens with two attached hydrogens (primary N) is 1. The Kier molecular flexibility index (Phi) is 3.94. The SMILES string of the molecule is CC1CCC(N(C)c2cncc(CN)n2)CC1. The molecule has 1 heterocycles. The van der Waals surface area contributed by atoms with Crippen molar-refractivity contribution in [2.24, 2.45) is 11.7 Å². The molecule has 0 spiro atoms. The Morgan fingerprint density at radius 3 is 2.65 bits per heavy atom. The van der Waals surface area contributed by atoms with Gasteiger partial charge in [0, 0.05) is 25.8 Å². The van der Waals surface area contributed by atoms with Crippen molar-refractivity contribution in [3.8, 4) is 0 Å². The maximum atomic E-state index is 5.59. The topological polar surface area (TPSA) is 55.0 Å². The Morgan fingerprint density at radius 2 is 2.00 bits per heavy atom. The van der Waals surface area contributed by atoms with Crippen LogP contribution in [0.15, 0.2) is 12.4 Å². The molecule has 0 aromatic carbocycles. The van der Waals surface area contributed by atoms with Crippen LogP contribution in [-0.4, -0.2) is 23.1 Å². The average molecular weight is 234 g/mol. The summed E-state index contributed by atoms with van der Waals surface area (Å²) in [5.74, 6) is 1.83. The molecule has 1 saturated carbocycles. The molecule has 0 bridgehead atoms. The molecule has 0 saturated heterocycles. The molecule has 1 fully saturated rings. The second-order valence-corrected chi connectivity index (χ2v) is 5.10. The first-order chi connectivity index (χ1) is 8.20. The number of hydrogen-bond donors (Lipinski definition) is 1. The lowest BCUT2D eigenvalue weighted by Crippen LogP contribution is -2.35. The fraction of sp³-hybridized carbons (Fsp3) is 0.692. The molecular weight excluding hydrogens is 212 g/mol. The first-order valence-corrected chi connectivity index (χ1v) is 6.44. The largest absolute Gasteiger partial charge is 0.355 e. The van der Waals surface area contributed by atoms with Crippen molar-refractivity contribution in [3.05, 3.63) is 18.1 Å². The second-order valence-electron chi connectivity index (χ2n) is 5.10. The van der Waals surface area contributed by atoms with Crippen LogP contribution in [0.2, 0.25) is 0 Å². The fourth-order valence-electron chi connectivity index (χ4n) is 2.48. The first-order valence-electron chi connectivity index (χ1n) is 6.44. The van der Waals surface area contributed by atoms with Gasteiger partial charge in [-0.05, 0) is 31.6 Å². The van der Waals surface area contributed by atoms with E-state index in [0.717, 1.165) is 17.4 Å². The number of hydrogen-bond acceptors (Lipinski definition) is 4. The summed E-state index contributed by atoms with van der Waals surface area (Å²) in [6, 6.07) is 0.605. The summed E-state index contributed by atoms with van der Waals surface area (Å²) >= 11 is 0. The summed E-state index contributed by atoms with van der Waals surface area (Å²) in [5.41, 5.74) is 6.45. The van der Waals surface area contributed by atoms with Gasteiger partial charge in [-0.25, -0.2) is 4.98 Å². The van der Waals surface area contributed by atoms with E-state index in [1.54, 1.807) is 6.20 Å². The molecule has 2 rings (SSSR count). The lowest BCUT2D eigenvalue weighted by atomic mass is 9.87. The maximum absolute atomic E-state index is 5.59. The van der Waals surface area contributed by atoms with Crippen molar-refractivity contribution in [1.29, 1.82) is 0 Å². The van der Waals surface area contributed by atoms with Gasteiger partial charge in [0.25, 0.3) is 0 Å². The Hall–Kier alpha value is -1.16. The van der Waals surface area contributed by atoms with Crippen molar-refractivity contribution in [2.75, 3.05) is 11.9 Å². The molecule has 1 aliphatic carbocycles. The van der Waals surface area contributed by atoms with E-state index >= 15 is 0 Å². The molecule has 1 aromatic heterocycles. The third-order valence-electron chi connectivity index (χ3n) is 3.78. The molecule has 1 aromatic rings. The normalized spacial score (nSPS) is 24.6. The zero-order chi connectivity index (χ0) is 12.3. The maximum Gasteiger partial charge on any atom is 0.147 e. The third-order valence-corrected chi connectivity index (χ3v) is 3.78. The van der Waals surface area contributed by atoms with E-state index in [-0.39, 0.29) is 0 Å². The molecule has 94 valence electrons. The zero-order valence-corrected chi connectivity index (χ0v) is 10.8. The van der Waals surface area contributed by atoms with E-state index in [1.807, 2.05) is 6.20 Å². The van der Waals surface area contributed by atoms with E-state index < -0.39 is 0 Å². The molecule has 4 heteroatoms. The summed E-state index contributed by atoms with van der Waals surface area (Å²) in [6.45, 7) is 2.79. The minimum Gasteiger partial charge on any atom is -0.355 e. The molecule has 0 atom stereocenters. The quantitative estimate of drug-likeness (QED) is 0.868. The smallest absolute Gasteiger partial charge is 0.147 e. The van der Waals surface area contributed by atoms with Crippen LogP contribution in [0.4, 0.5) is 5.82 Å². The monoisotopic (exact) mass is 234 g/mol. The van der Waals surface area contributed by atoms with Crippen molar-refractivity contribution in [1.82, 2.24) is 9.97 Å². The molecule has 0 amide bonds. The van der Waals surface area contributed by atoms with Gasteiger partial charge in [-0.2, -0.15) is 0 Å². The van der Waals surface area contributed by atoms with Crippen molar-refractivity contribution >= 4 is 5.82 Å². The Morgan fingerprint density at radius 1 is 1.29 bits per heavy atom. The van der Waals surface area contributed by atoms with Crippen LogP contribution < -0.4 is 10.6 Å². The Labute approximate surface area is 103 Å². The molecule has 1 aliphatic rings. The van der Waals surface area contributed by atoms with Crippen LogP contribution in [0.1, 0.15) is 38.3 Å². The minimum absolute atomic E-state index is 0.455. The number of anilines is 1. The lowest BCUT2D eigenvalue weighted by molar-refractivity contribution is 0.340. The van der Waals surface area contributed by atoms with Crippen LogP contribution >= 0.6 is 0 Å². The van der Waals surface area contributed by atoms with Gasteiger partial charge in [0.05, 0.1) is 11.9 Å². The number of nitrogens with zero attached hydrogens (tertiary/aromatic N) is 3. The van der Waals surface area contributed by atoms with E-state index in [1.165, 1.54) is 25.7 Å². The van der Waals surface area contributed by atoms with E-state index in [9.17, 15) is 0 Å². The minimum atomic E-state index is 0.455. The molecule has 0 unspecified atom stereocenters. The van der Waals surface area contributed by atoms with E-state index in [4.69, 9.17) is 5.73 Å². The summed E-state index contributed by atoms with van der Waals surface area (Å²) in [4.78, 5) is 11.0. The highest BCUT2D eigenvalue weighted by molar-refractivity contribution is 5.36. The van der Waals surface area contributed by atoms with Crippen molar-refractivity contribution < 1.29 is 0 Å². The van der Waals surface area contributed by atoms with Crippen LogP contribution in [0, 0.1) is 5.92 Å². The van der Waals surface area contributed by atoms with Gasteiger partial charge < -0.3 is 10.6 Å². The van der Waals surface area contributed by atoms with Gasteiger partial charge >= 0.3 is 0 Å². The average Bonchev–Trinajstić information content (AvgIpc) is 2.39. The van der Waals surface area contributed by atoms with Crippen LogP contribution in [0.3, 0.4) is 0 Å². The van der Waals surface area contributed by atoms with Gasteiger partial charge in [-0.1, -0.05) is 6.92 Å². The van der Waals surface area contributed by atoms with Gasteiger partial charge in [0.2, 0.25) is 0 Å². The molecular formula is C13H22N4. The predicted molar refractivity (Wildman–Crippen MR) is 69.7 cm³/mol. The van der Waals surface area contributed by atoms with Crippen molar-refractivity contribution in [2.45, 2.75) is 45.2 Å². The van der Waals surface area contributed by atoms with E-state index in [0.29, 0.717) is 12.6 Å². The number of aromatic nitrogens is 2. The van der Waals surface area contributed by atoms with Gasteiger partial charge in [-0.3, -0.25) is 4.98 Å². The van der Waals surface area contributed by atoms with Gasteiger partial charge in [0.1, 0.15) is 5.82 Å². The number of rotatable bonds is 3. The summed E-state index contributed by atoms with van der Waals surface area (Å²) < 4.78 is 0. The summed E-state index contributed by atoms with van der Waals surface area (Å²) in [5, 5.41) is 0. The highest BCUT2D eigenvalue weighted by Gasteiger charge is 2.22. The molecule has 0 aliphatic heterocycles. The highest BCUT2D eigenvalue weighted by atomic mass is 15.2. The van der Waals surface area contributed by atoms with Crippen LogP contribution in [0.25, 0.3) is 0 Å². The second kappa shape index (κ2) is 5.45. The first kappa shape index (κ1) is 12.3. The van der Waals surface area contributed by atoms with Crippen LogP contribution in [-0.2, 0) is 6.54 Å². The van der Waals surface area contributed by atoms with E-state index in [2.05, 4.69) is 28.8 Å². The Bertz CT molecular complexity index is 358. The molecule has 0 radical (unpaired) electrons. The lowest BCUT2D eigenvalue weighted by Gasteiger charge is -2.34. The molecule has 17 heavy (non-hydrogen) atoms. The van der Waals surface area contributed by atoms with Crippen LogP contribution in [0.5, 0.6) is 0 Å². The predicted octanol–water partition coefficient (Wildman–Crippen LogP) is 1.95. The van der Waals surface area contributed by atoms with Crippen molar-refractivity contribution in [3.63, 3.8) is 0 Å². The standard InChI is InChI=1S/C13H22N4/c1-10-3-5-12(6-4-10)17(2)13-9-15-8-11(7-14)16-13/h8-10,12H,3-7,14H2,1-2H3. The fourth-order valence-corrected chi connectivity index (χ4v) is 2.48. The summed E-state index contributed by atoms with van der Waals surface area (Å²) in [6.07, 6.45) is 8.72. The Balaban J connectivity index is 2.05. The molecule has 4 nitrogen and oxygen atoms in total.